The van der Waals surface area contributed by atoms with E-state index in [1.165, 1.54) is 23.5 Å². The molecular weight excluding hydrogens is 331 g/mol. The minimum Gasteiger partial charge on any atom is -0.343 e. The Morgan fingerprint density at radius 1 is 1.53 bits per heavy atom. The van der Waals surface area contributed by atoms with Crippen LogP contribution in [0.2, 0.25) is 0 Å². The van der Waals surface area contributed by atoms with E-state index in [1.54, 1.807) is 6.07 Å². The minimum absolute atomic E-state index is 0.196. The van der Waals surface area contributed by atoms with Gasteiger partial charge in [-0.3, -0.25) is 4.79 Å². The highest BCUT2D eigenvalue weighted by molar-refractivity contribution is 9.10. The number of aryl methyl sites for hydroxylation is 1. The third-order valence-electron chi connectivity index (χ3n) is 2.54. The van der Waals surface area contributed by atoms with Crippen LogP contribution in [0.4, 0.5) is 4.39 Å². The Morgan fingerprint density at radius 2 is 2.26 bits per heavy atom. The Morgan fingerprint density at radius 3 is 2.84 bits per heavy atom. The zero-order chi connectivity index (χ0) is 14.0. The van der Waals surface area contributed by atoms with Gasteiger partial charge in [-0.15, -0.1) is 11.3 Å². The van der Waals surface area contributed by atoms with Crippen LogP contribution in [0.1, 0.15) is 34.0 Å². The average molecular weight is 343 g/mol. The molecule has 1 unspecified atom stereocenters. The molecule has 0 saturated heterocycles. The zero-order valence-electron chi connectivity index (χ0n) is 10.4. The number of benzene rings is 1. The van der Waals surface area contributed by atoms with Crippen molar-refractivity contribution in [2.75, 3.05) is 0 Å². The van der Waals surface area contributed by atoms with Crippen LogP contribution in [0, 0.1) is 12.7 Å². The van der Waals surface area contributed by atoms with Gasteiger partial charge in [-0.25, -0.2) is 9.37 Å². The van der Waals surface area contributed by atoms with Crippen molar-refractivity contribution in [2.45, 2.75) is 19.9 Å². The predicted molar refractivity (Wildman–Crippen MR) is 76.8 cm³/mol. The summed E-state index contributed by atoms with van der Waals surface area (Å²) in [5.74, 6) is -0.767. The largest absolute Gasteiger partial charge is 0.343 e. The van der Waals surface area contributed by atoms with Gasteiger partial charge < -0.3 is 5.32 Å². The highest BCUT2D eigenvalue weighted by Gasteiger charge is 2.15. The van der Waals surface area contributed by atoms with Gasteiger partial charge in [0, 0.05) is 16.6 Å². The molecule has 0 spiro atoms. The molecule has 19 heavy (non-hydrogen) atoms. The smallest absolute Gasteiger partial charge is 0.251 e. The van der Waals surface area contributed by atoms with Crippen molar-refractivity contribution in [3.63, 3.8) is 0 Å². The molecule has 1 aromatic carbocycles. The standard InChI is InChI=1S/C13H12BrFN2OS/c1-7-6-19-13(16-7)8(2)17-12(18)9-3-4-10(14)11(15)5-9/h3-6,8H,1-2H3,(H,17,18). The SMILES string of the molecule is Cc1csc(C(C)NC(=O)c2ccc(Br)c(F)c2)n1. The predicted octanol–water partition coefficient (Wildman–Crippen LogP) is 3.84. The van der Waals surface area contributed by atoms with E-state index in [0.29, 0.717) is 10.0 Å². The van der Waals surface area contributed by atoms with Crippen molar-refractivity contribution < 1.29 is 9.18 Å². The maximum absolute atomic E-state index is 13.4. The first-order chi connectivity index (χ1) is 8.97. The van der Waals surface area contributed by atoms with Gasteiger partial charge in [0.1, 0.15) is 10.8 Å². The molecule has 2 aromatic rings. The lowest BCUT2D eigenvalue weighted by molar-refractivity contribution is 0.0939. The summed E-state index contributed by atoms with van der Waals surface area (Å²) in [6.07, 6.45) is 0. The van der Waals surface area contributed by atoms with Crippen molar-refractivity contribution in [3.8, 4) is 0 Å². The second-order valence-corrected chi connectivity index (χ2v) is 5.90. The number of nitrogens with one attached hydrogen (secondary N) is 1. The maximum atomic E-state index is 13.4. The Kier molecular flexibility index (Phi) is 4.31. The monoisotopic (exact) mass is 342 g/mol. The molecule has 1 heterocycles. The molecule has 0 radical (unpaired) electrons. The molecule has 0 bridgehead atoms. The number of hydrogen-bond donors (Lipinski definition) is 1. The molecule has 0 aliphatic heterocycles. The number of halogens is 2. The summed E-state index contributed by atoms with van der Waals surface area (Å²) >= 11 is 4.55. The van der Waals surface area contributed by atoms with E-state index in [4.69, 9.17) is 0 Å². The van der Waals surface area contributed by atoms with E-state index in [2.05, 4.69) is 26.2 Å². The van der Waals surface area contributed by atoms with Crippen LogP contribution in [-0.4, -0.2) is 10.9 Å². The summed E-state index contributed by atoms with van der Waals surface area (Å²) in [6, 6.07) is 4.10. The lowest BCUT2D eigenvalue weighted by Crippen LogP contribution is -2.26. The molecule has 1 N–H and O–H groups in total. The van der Waals surface area contributed by atoms with Crippen LogP contribution in [0.5, 0.6) is 0 Å². The van der Waals surface area contributed by atoms with Gasteiger partial charge in [-0.2, -0.15) is 0 Å². The van der Waals surface area contributed by atoms with Crippen molar-refractivity contribution >= 4 is 33.2 Å². The second kappa shape index (κ2) is 5.79. The molecule has 0 saturated carbocycles. The first kappa shape index (κ1) is 14.1. The van der Waals surface area contributed by atoms with Gasteiger partial charge in [-0.05, 0) is 48.0 Å². The van der Waals surface area contributed by atoms with Crippen LogP contribution >= 0.6 is 27.3 Å². The van der Waals surface area contributed by atoms with Crippen molar-refractivity contribution in [2.24, 2.45) is 0 Å². The zero-order valence-corrected chi connectivity index (χ0v) is 12.8. The average Bonchev–Trinajstić information content (AvgIpc) is 2.79. The summed E-state index contributed by atoms with van der Waals surface area (Å²) in [7, 11) is 0. The van der Waals surface area contributed by atoms with E-state index < -0.39 is 5.82 Å². The highest BCUT2D eigenvalue weighted by atomic mass is 79.9. The molecule has 1 atom stereocenters. The van der Waals surface area contributed by atoms with Crippen LogP contribution in [-0.2, 0) is 0 Å². The molecule has 100 valence electrons. The second-order valence-electron chi connectivity index (χ2n) is 4.15. The van der Waals surface area contributed by atoms with Crippen LogP contribution in [0.15, 0.2) is 28.1 Å². The summed E-state index contributed by atoms with van der Waals surface area (Å²) in [5.41, 5.74) is 1.22. The first-order valence-electron chi connectivity index (χ1n) is 5.65. The highest BCUT2D eigenvalue weighted by Crippen LogP contribution is 2.19. The van der Waals surface area contributed by atoms with E-state index >= 15 is 0 Å². The van der Waals surface area contributed by atoms with E-state index in [1.807, 2.05) is 19.2 Å². The third-order valence-corrected chi connectivity index (χ3v) is 4.32. The topological polar surface area (TPSA) is 42.0 Å². The van der Waals surface area contributed by atoms with E-state index in [0.717, 1.165) is 10.7 Å². The Hall–Kier alpha value is -1.27. The molecule has 1 aromatic heterocycles. The number of hydrogen-bond acceptors (Lipinski definition) is 3. The molecule has 0 fully saturated rings. The molecule has 6 heteroatoms. The maximum Gasteiger partial charge on any atom is 0.251 e. The van der Waals surface area contributed by atoms with Crippen molar-refractivity contribution in [3.05, 3.63) is 50.1 Å². The third kappa shape index (κ3) is 3.39. The van der Waals surface area contributed by atoms with E-state index in [9.17, 15) is 9.18 Å². The minimum atomic E-state index is -0.453. The quantitative estimate of drug-likeness (QED) is 0.920. The van der Waals surface area contributed by atoms with Crippen LogP contribution < -0.4 is 5.32 Å². The van der Waals surface area contributed by atoms with Crippen molar-refractivity contribution in [1.29, 1.82) is 0 Å². The Labute approximate surface area is 123 Å². The molecule has 3 nitrogen and oxygen atoms in total. The molecule has 0 aliphatic rings. The van der Waals surface area contributed by atoms with Gasteiger partial charge >= 0.3 is 0 Å². The number of nitrogens with zero attached hydrogens (tertiary/aromatic N) is 1. The number of carbonyl (C=O) groups excluding carboxylic acids is 1. The summed E-state index contributed by atoms with van der Waals surface area (Å²) < 4.78 is 13.7. The fraction of sp³-hybridized carbons (Fsp3) is 0.231. The van der Waals surface area contributed by atoms with Gasteiger partial charge in [-0.1, -0.05) is 0 Å². The number of rotatable bonds is 3. The van der Waals surface area contributed by atoms with Gasteiger partial charge in [0.15, 0.2) is 0 Å². The molecule has 2 rings (SSSR count). The van der Waals surface area contributed by atoms with Gasteiger partial charge in [0.25, 0.3) is 5.91 Å². The molecule has 1 amide bonds. The van der Waals surface area contributed by atoms with Crippen LogP contribution in [0.3, 0.4) is 0 Å². The van der Waals surface area contributed by atoms with E-state index in [-0.39, 0.29) is 11.9 Å². The first-order valence-corrected chi connectivity index (χ1v) is 7.32. The normalized spacial score (nSPS) is 12.2. The summed E-state index contributed by atoms with van der Waals surface area (Å²) in [6.45, 7) is 3.75. The lowest BCUT2D eigenvalue weighted by Gasteiger charge is -2.11. The molecular formula is C13H12BrFN2OS. The lowest BCUT2D eigenvalue weighted by atomic mass is 10.2. The number of amides is 1. The van der Waals surface area contributed by atoms with Crippen LogP contribution in [0.25, 0.3) is 0 Å². The number of carbonyl (C=O) groups is 1. The number of aromatic nitrogens is 1. The summed E-state index contributed by atoms with van der Waals surface area (Å²) in [5, 5.41) is 5.56. The fourth-order valence-electron chi connectivity index (χ4n) is 1.55. The van der Waals surface area contributed by atoms with Gasteiger partial charge in [0.05, 0.1) is 10.5 Å². The summed E-state index contributed by atoms with van der Waals surface area (Å²) in [4.78, 5) is 16.3. The van der Waals surface area contributed by atoms with Gasteiger partial charge in [0.2, 0.25) is 0 Å². The van der Waals surface area contributed by atoms with Crippen molar-refractivity contribution in [1.82, 2.24) is 10.3 Å². The number of thiazole rings is 1. The Bertz CT molecular complexity index is 614. The Balaban J connectivity index is 2.10. The molecule has 0 aliphatic carbocycles. The fourth-order valence-corrected chi connectivity index (χ4v) is 2.60.